The highest BCUT2D eigenvalue weighted by molar-refractivity contribution is 5.39. The third kappa shape index (κ3) is 5.57. The lowest BCUT2D eigenvalue weighted by atomic mass is 10.2. The zero-order valence-corrected chi connectivity index (χ0v) is 8.46. The average Bonchev–Trinajstić information content (AvgIpc) is 2.19. The third-order valence-electron chi connectivity index (χ3n) is 1.74. The lowest BCUT2D eigenvalue weighted by Gasteiger charge is -2.08. The summed E-state index contributed by atoms with van der Waals surface area (Å²) in [7, 11) is 0. The lowest BCUT2D eigenvalue weighted by Crippen LogP contribution is -2.17. The summed E-state index contributed by atoms with van der Waals surface area (Å²) in [6.45, 7) is -0.371. The van der Waals surface area contributed by atoms with Gasteiger partial charge in [0.05, 0.1) is 19.8 Å². The fourth-order valence-corrected chi connectivity index (χ4v) is 1.02. The van der Waals surface area contributed by atoms with Crippen LogP contribution in [0.1, 0.15) is 5.56 Å². The van der Waals surface area contributed by atoms with Crippen LogP contribution in [0.3, 0.4) is 0 Å². The van der Waals surface area contributed by atoms with E-state index >= 15 is 0 Å². The van der Waals surface area contributed by atoms with E-state index in [1.54, 1.807) is 24.3 Å². The van der Waals surface area contributed by atoms with Gasteiger partial charge < -0.3 is 10.5 Å². The quantitative estimate of drug-likeness (QED) is 0.629. The minimum atomic E-state index is -4.59. The van der Waals surface area contributed by atoms with Gasteiger partial charge in [-0.2, -0.15) is 0 Å². The van der Waals surface area contributed by atoms with Gasteiger partial charge in [-0.25, -0.2) is 0 Å². The Morgan fingerprint density at radius 2 is 1.69 bits per heavy atom. The second-order valence-electron chi connectivity index (χ2n) is 3.09. The molecule has 0 unspecified atom stereocenters. The van der Waals surface area contributed by atoms with E-state index in [1.807, 2.05) is 0 Å². The van der Waals surface area contributed by atoms with Crippen molar-refractivity contribution in [1.29, 1.82) is 0 Å². The van der Waals surface area contributed by atoms with Crippen molar-refractivity contribution < 1.29 is 22.6 Å². The van der Waals surface area contributed by atoms with Gasteiger partial charge >= 0.3 is 6.36 Å². The monoisotopic (exact) mass is 235 g/mol. The van der Waals surface area contributed by atoms with Gasteiger partial charge in [0.1, 0.15) is 0 Å². The number of alkyl halides is 3. The molecule has 2 N–H and O–H groups in total. The number of ether oxygens (including phenoxy) is 2. The molecule has 0 saturated heterocycles. The SMILES string of the molecule is Nc1ccc(COCCOC(F)(F)F)cc1. The van der Waals surface area contributed by atoms with Crippen molar-refractivity contribution in [2.24, 2.45) is 0 Å². The van der Waals surface area contributed by atoms with E-state index in [4.69, 9.17) is 10.5 Å². The average molecular weight is 235 g/mol. The van der Waals surface area contributed by atoms with E-state index in [2.05, 4.69) is 4.74 Å². The van der Waals surface area contributed by atoms with Gasteiger partial charge in [-0.1, -0.05) is 12.1 Å². The lowest BCUT2D eigenvalue weighted by molar-refractivity contribution is -0.327. The smallest absolute Gasteiger partial charge is 0.399 e. The summed E-state index contributed by atoms with van der Waals surface area (Å²) in [5.74, 6) is 0. The molecule has 1 rings (SSSR count). The van der Waals surface area contributed by atoms with E-state index in [1.165, 1.54) is 0 Å². The van der Waals surface area contributed by atoms with E-state index in [9.17, 15) is 13.2 Å². The van der Waals surface area contributed by atoms with Crippen molar-refractivity contribution in [3.63, 3.8) is 0 Å². The Hall–Kier alpha value is -1.27. The summed E-state index contributed by atoms with van der Waals surface area (Å²) in [6, 6.07) is 6.90. The van der Waals surface area contributed by atoms with Gasteiger partial charge in [-0.15, -0.1) is 13.2 Å². The molecule has 16 heavy (non-hydrogen) atoms. The molecule has 0 radical (unpaired) electrons. The van der Waals surface area contributed by atoms with Gasteiger partial charge in [0.15, 0.2) is 0 Å². The second-order valence-corrected chi connectivity index (χ2v) is 3.09. The van der Waals surface area contributed by atoms with Crippen LogP contribution in [-0.2, 0) is 16.1 Å². The van der Waals surface area contributed by atoms with Crippen molar-refractivity contribution >= 4 is 5.69 Å². The molecule has 0 aliphatic heterocycles. The van der Waals surface area contributed by atoms with Crippen LogP contribution in [0.5, 0.6) is 0 Å². The van der Waals surface area contributed by atoms with Crippen molar-refractivity contribution in [2.75, 3.05) is 18.9 Å². The first-order valence-corrected chi connectivity index (χ1v) is 4.60. The Kier molecular flexibility index (Phi) is 4.57. The highest BCUT2D eigenvalue weighted by Gasteiger charge is 2.28. The number of halogens is 3. The molecule has 0 aromatic heterocycles. The molecule has 1 aromatic rings. The number of nitrogens with two attached hydrogens (primary N) is 1. The summed E-state index contributed by atoms with van der Waals surface area (Å²) < 4.78 is 43.2. The van der Waals surface area contributed by atoms with Crippen molar-refractivity contribution in [3.05, 3.63) is 29.8 Å². The zero-order valence-electron chi connectivity index (χ0n) is 8.46. The van der Waals surface area contributed by atoms with Gasteiger partial charge in [-0.3, -0.25) is 4.74 Å². The Balaban J connectivity index is 2.14. The first-order valence-electron chi connectivity index (χ1n) is 4.60. The van der Waals surface area contributed by atoms with Crippen LogP contribution in [0.2, 0.25) is 0 Å². The first kappa shape index (κ1) is 12.8. The predicted octanol–water partition coefficient (Wildman–Crippen LogP) is 2.32. The molecule has 3 nitrogen and oxygen atoms in total. The molecule has 90 valence electrons. The second kappa shape index (κ2) is 5.72. The first-order chi connectivity index (χ1) is 7.47. The summed E-state index contributed by atoms with van der Waals surface area (Å²) in [5.41, 5.74) is 6.94. The molecule has 0 aliphatic rings. The fraction of sp³-hybridized carbons (Fsp3) is 0.400. The molecule has 0 amide bonds. The Morgan fingerprint density at radius 3 is 2.25 bits per heavy atom. The van der Waals surface area contributed by atoms with Crippen LogP contribution < -0.4 is 5.73 Å². The molecule has 0 heterocycles. The van der Waals surface area contributed by atoms with Crippen LogP contribution in [0.15, 0.2) is 24.3 Å². The van der Waals surface area contributed by atoms with Crippen LogP contribution in [0.4, 0.5) is 18.9 Å². The van der Waals surface area contributed by atoms with E-state index in [0.717, 1.165) is 5.56 Å². The topological polar surface area (TPSA) is 44.5 Å². The summed E-state index contributed by atoms with van der Waals surface area (Å²) in [4.78, 5) is 0. The molecule has 0 spiro atoms. The molecule has 0 saturated carbocycles. The number of rotatable bonds is 5. The molecular formula is C10H12F3NO2. The number of benzene rings is 1. The molecular weight excluding hydrogens is 223 g/mol. The van der Waals surface area contributed by atoms with Gasteiger partial charge in [0.2, 0.25) is 0 Å². The molecule has 6 heteroatoms. The Labute approximate surface area is 91.0 Å². The summed E-state index contributed by atoms with van der Waals surface area (Å²) in [6.07, 6.45) is -4.59. The van der Waals surface area contributed by atoms with E-state index < -0.39 is 13.0 Å². The number of nitrogen functional groups attached to an aromatic ring is 1. The normalized spacial score (nSPS) is 11.7. The number of hydrogen-bond donors (Lipinski definition) is 1. The predicted molar refractivity (Wildman–Crippen MR) is 52.5 cm³/mol. The Bertz CT molecular complexity index is 311. The van der Waals surface area contributed by atoms with Crippen LogP contribution in [-0.4, -0.2) is 19.6 Å². The maximum Gasteiger partial charge on any atom is 0.522 e. The van der Waals surface area contributed by atoms with Crippen molar-refractivity contribution in [2.45, 2.75) is 13.0 Å². The van der Waals surface area contributed by atoms with Crippen molar-refractivity contribution in [3.8, 4) is 0 Å². The van der Waals surface area contributed by atoms with E-state index in [0.29, 0.717) is 5.69 Å². The maximum atomic E-state index is 11.6. The van der Waals surface area contributed by atoms with Crippen LogP contribution >= 0.6 is 0 Å². The highest BCUT2D eigenvalue weighted by atomic mass is 19.4. The maximum absolute atomic E-state index is 11.6. The fourth-order valence-electron chi connectivity index (χ4n) is 1.02. The molecule has 1 aromatic carbocycles. The van der Waals surface area contributed by atoms with Gasteiger partial charge in [0.25, 0.3) is 0 Å². The molecule has 0 fully saturated rings. The van der Waals surface area contributed by atoms with Gasteiger partial charge in [0, 0.05) is 5.69 Å². The van der Waals surface area contributed by atoms with Crippen molar-refractivity contribution in [1.82, 2.24) is 0 Å². The standard InChI is InChI=1S/C10H12F3NO2/c11-10(12,13)16-6-5-15-7-8-1-3-9(14)4-2-8/h1-4H,5-7,14H2. The minimum absolute atomic E-state index is 0.107. The third-order valence-corrected chi connectivity index (χ3v) is 1.74. The molecule has 0 atom stereocenters. The number of hydrogen-bond acceptors (Lipinski definition) is 3. The van der Waals surface area contributed by atoms with E-state index in [-0.39, 0.29) is 13.2 Å². The largest absolute Gasteiger partial charge is 0.522 e. The molecule has 0 bridgehead atoms. The summed E-state index contributed by atoms with van der Waals surface area (Å²) >= 11 is 0. The summed E-state index contributed by atoms with van der Waals surface area (Å²) in [5, 5.41) is 0. The highest BCUT2D eigenvalue weighted by Crippen LogP contribution is 2.15. The minimum Gasteiger partial charge on any atom is -0.399 e. The number of anilines is 1. The van der Waals surface area contributed by atoms with Gasteiger partial charge in [-0.05, 0) is 17.7 Å². The molecule has 0 aliphatic carbocycles. The van der Waals surface area contributed by atoms with Crippen LogP contribution in [0, 0.1) is 0 Å². The zero-order chi connectivity index (χ0) is 12.0. The van der Waals surface area contributed by atoms with Crippen LogP contribution in [0.25, 0.3) is 0 Å². The Morgan fingerprint density at radius 1 is 1.06 bits per heavy atom.